The summed E-state index contributed by atoms with van der Waals surface area (Å²) in [5.41, 5.74) is 0. The molecule has 0 bridgehead atoms. The smallest absolute Gasteiger partial charge is 0.308 e. The number of rotatable bonds is 20. The van der Waals surface area contributed by atoms with E-state index in [-0.39, 0.29) is 17.9 Å². The summed E-state index contributed by atoms with van der Waals surface area (Å²) in [4.78, 5) is 22.7. The zero-order valence-electron chi connectivity index (χ0n) is 19.8. The van der Waals surface area contributed by atoms with E-state index in [1.165, 1.54) is 91.3 Å². The number of hydrogen-bond donors (Lipinski definition) is 0. The Balaban J connectivity index is 3.28. The number of methoxy groups -OCH3 is 2. The topological polar surface area (TPSA) is 52.6 Å². The third kappa shape index (κ3) is 17.5. The van der Waals surface area contributed by atoms with Crippen LogP contribution in [0.5, 0.6) is 0 Å². The van der Waals surface area contributed by atoms with Gasteiger partial charge in [0.1, 0.15) is 0 Å². The summed E-state index contributed by atoms with van der Waals surface area (Å²) in [5.74, 6) is 0.316. The summed E-state index contributed by atoms with van der Waals surface area (Å²) in [6.07, 6.45) is 20.7. The van der Waals surface area contributed by atoms with E-state index < -0.39 is 0 Å². The molecule has 0 aliphatic heterocycles. The van der Waals surface area contributed by atoms with Crippen molar-refractivity contribution in [3.05, 3.63) is 0 Å². The van der Waals surface area contributed by atoms with Gasteiger partial charge in [-0.15, -0.1) is 0 Å². The maximum Gasteiger partial charge on any atom is 0.308 e. The summed E-state index contributed by atoms with van der Waals surface area (Å²) < 4.78 is 9.56. The maximum atomic E-state index is 11.7. The van der Waals surface area contributed by atoms with Gasteiger partial charge in [0.05, 0.1) is 20.1 Å². The van der Waals surface area contributed by atoms with Crippen LogP contribution in [0.1, 0.15) is 123 Å². The second-order valence-electron chi connectivity index (χ2n) is 8.79. The summed E-state index contributed by atoms with van der Waals surface area (Å²) in [7, 11) is 2.95. The minimum Gasteiger partial charge on any atom is -0.469 e. The Labute approximate surface area is 180 Å². The van der Waals surface area contributed by atoms with Crippen LogP contribution in [0.2, 0.25) is 0 Å². The van der Waals surface area contributed by atoms with E-state index in [9.17, 15) is 9.59 Å². The van der Waals surface area contributed by atoms with Gasteiger partial charge in [0.2, 0.25) is 0 Å². The van der Waals surface area contributed by atoms with Crippen molar-refractivity contribution >= 4 is 11.9 Å². The highest BCUT2D eigenvalue weighted by Crippen LogP contribution is 2.21. The van der Waals surface area contributed by atoms with Crippen molar-refractivity contribution in [1.82, 2.24) is 0 Å². The number of ether oxygens (including phenoxy) is 2. The molecule has 0 N–H and O–H groups in total. The SMILES string of the molecule is COC(=O)CCCCCCCCCCCCCCCCCC(C(=O)OC)C(C)C. The Kier molecular flexibility index (Phi) is 19.5. The molecule has 1 unspecified atom stereocenters. The molecule has 0 rings (SSSR count). The zero-order chi connectivity index (χ0) is 21.7. The molecule has 0 aliphatic rings. The van der Waals surface area contributed by atoms with Crippen LogP contribution in [0.25, 0.3) is 0 Å². The second kappa shape index (κ2) is 20.2. The highest BCUT2D eigenvalue weighted by atomic mass is 16.5. The van der Waals surface area contributed by atoms with Crippen molar-refractivity contribution in [2.24, 2.45) is 11.8 Å². The fraction of sp³-hybridized carbons (Fsp3) is 0.920. The number of carbonyl (C=O) groups is 2. The van der Waals surface area contributed by atoms with E-state index >= 15 is 0 Å². The molecule has 0 radical (unpaired) electrons. The fourth-order valence-corrected chi connectivity index (χ4v) is 3.91. The molecule has 0 amide bonds. The van der Waals surface area contributed by atoms with Gasteiger partial charge >= 0.3 is 11.9 Å². The van der Waals surface area contributed by atoms with Crippen LogP contribution in [0.15, 0.2) is 0 Å². The van der Waals surface area contributed by atoms with Gasteiger partial charge in [-0.1, -0.05) is 104 Å². The van der Waals surface area contributed by atoms with E-state index in [0.717, 1.165) is 25.7 Å². The van der Waals surface area contributed by atoms with Crippen LogP contribution >= 0.6 is 0 Å². The predicted octanol–water partition coefficient (Wildman–Crippen LogP) is 7.24. The van der Waals surface area contributed by atoms with Crippen molar-refractivity contribution in [2.45, 2.75) is 123 Å². The van der Waals surface area contributed by atoms with Gasteiger partial charge in [-0.25, -0.2) is 0 Å². The van der Waals surface area contributed by atoms with Gasteiger partial charge in [0, 0.05) is 6.42 Å². The molecule has 0 saturated heterocycles. The molecule has 0 heterocycles. The zero-order valence-corrected chi connectivity index (χ0v) is 19.8. The lowest BCUT2D eigenvalue weighted by Crippen LogP contribution is -2.21. The first kappa shape index (κ1) is 27.9. The molecule has 0 spiro atoms. The van der Waals surface area contributed by atoms with Crippen molar-refractivity contribution in [1.29, 1.82) is 0 Å². The molecule has 1 atom stereocenters. The summed E-state index contributed by atoms with van der Waals surface area (Å²) >= 11 is 0. The fourth-order valence-electron chi connectivity index (χ4n) is 3.91. The molecular formula is C25H48O4. The third-order valence-corrected chi connectivity index (χ3v) is 5.93. The summed E-state index contributed by atoms with van der Waals surface area (Å²) in [6.45, 7) is 4.21. The van der Waals surface area contributed by atoms with Gasteiger partial charge in [-0.3, -0.25) is 9.59 Å². The molecule has 4 nitrogen and oxygen atoms in total. The molecule has 172 valence electrons. The second-order valence-corrected chi connectivity index (χ2v) is 8.79. The minimum atomic E-state index is -0.0802. The molecule has 0 aromatic carbocycles. The van der Waals surface area contributed by atoms with E-state index in [1.54, 1.807) is 0 Å². The average molecular weight is 413 g/mol. The Morgan fingerprint density at radius 1 is 0.586 bits per heavy atom. The molecule has 29 heavy (non-hydrogen) atoms. The molecule has 4 heteroatoms. The largest absolute Gasteiger partial charge is 0.469 e. The Morgan fingerprint density at radius 3 is 1.31 bits per heavy atom. The van der Waals surface area contributed by atoms with E-state index in [2.05, 4.69) is 18.6 Å². The molecule has 0 fully saturated rings. The lowest BCUT2D eigenvalue weighted by atomic mass is 9.90. The van der Waals surface area contributed by atoms with Crippen LogP contribution in [-0.2, 0) is 19.1 Å². The minimum absolute atomic E-state index is 0.0430. The molecule has 0 saturated carbocycles. The standard InChI is InChI=1S/C25H48O4/c1-22(2)23(25(27)29-4)20-18-16-14-12-10-8-6-5-7-9-11-13-15-17-19-21-24(26)28-3/h22-23H,5-21H2,1-4H3. The van der Waals surface area contributed by atoms with Crippen molar-refractivity contribution in [2.75, 3.05) is 14.2 Å². The van der Waals surface area contributed by atoms with E-state index in [0.29, 0.717) is 12.3 Å². The van der Waals surface area contributed by atoms with Gasteiger partial charge in [0.25, 0.3) is 0 Å². The first-order valence-electron chi connectivity index (χ1n) is 12.2. The van der Waals surface area contributed by atoms with E-state index in [4.69, 9.17) is 4.74 Å². The number of esters is 2. The molecule has 0 aromatic heterocycles. The third-order valence-electron chi connectivity index (χ3n) is 5.93. The first-order chi connectivity index (χ1) is 14.0. The Hall–Kier alpha value is -1.06. The lowest BCUT2D eigenvalue weighted by molar-refractivity contribution is -0.147. The molecule has 0 aliphatic carbocycles. The van der Waals surface area contributed by atoms with Crippen molar-refractivity contribution < 1.29 is 19.1 Å². The highest BCUT2D eigenvalue weighted by Gasteiger charge is 2.21. The van der Waals surface area contributed by atoms with Crippen LogP contribution in [0, 0.1) is 11.8 Å². The van der Waals surface area contributed by atoms with Crippen molar-refractivity contribution in [3.63, 3.8) is 0 Å². The quantitative estimate of drug-likeness (QED) is 0.156. The predicted molar refractivity (Wildman–Crippen MR) is 121 cm³/mol. The number of carbonyl (C=O) groups excluding carboxylic acids is 2. The van der Waals surface area contributed by atoms with Crippen LogP contribution < -0.4 is 0 Å². The van der Waals surface area contributed by atoms with Crippen molar-refractivity contribution in [3.8, 4) is 0 Å². The highest BCUT2D eigenvalue weighted by molar-refractivity contribution is 5.72. The van der Waals surface area contributed by atoms with Crippen LogP contribution in [-0.4, -0.2) is 26.2 Å². The van der Waals surface area contributed by atoms with Crippen LogP contribution in [0.3, 0.4) is 0 Å². The van der Waals surface area contributed by atoms with E-state index in [1.807, 2.05) is 0 Å². The monoisotopic (exact) mass is 412 g/mol. The van der Waals surface area contributed by atoms with Gasteiger partial charge in [-0.05, 0) is 18.8 Å². The number of unbranched alkanes of at least 4 members (excludes halogenated alkanes) is 14. The maximum absolute atomic E-state index is 11.7. The van der Waals surface area contributed by atoms with Gasteiger partial charge in [-0.2, -0.15) is 0 Å². The van der Waals surface area contributed by atoms with Crippen LogP contribution in [0.4, 0.5) is 0 Å². The first-order valence-corrected chi connectivity index (χ1v) is 12.2. The van der Waals surface area contributed by atoms with Gasteiger partial charge < -0.3 is 9.47 Å². The normalized spacial score (nSPS) is 12.2. The molecular weight excluding hydrogens is 364 g/mol. The van der Waals surface area contributed by atoms with Gasteiger partial charge in [0.15, 0.2) is 0 Å². The number of hydrogen-bond acceptors (Lipinski definition) is 4. The Bertz CT molecular complexity index is 392. The lowest BCUT2D eigenvalue weighted by Gasteiger charge is -2.17. The summed E-state index contributed by atoms with van der Waals surface area (Å²) in [5, 5.41) is 0. The molecule has 0 aromatic rings. The Morgan fingerprint density at radius 2 is 0.966 bits per heavy atom. The average Bonchev–Trinajstić information content (AvgIpc) is 2.71. The summed E-state index contributed by atoms with van der Waals surface area (Å²) in [6, 6.07) is 0.